The van der Waals surface area contributed by atoms with Crippen molar-refractivity contribution in [1.29, 1.82) is 0 Å². The number of amides is 1. The number of ether oxygens (including phenoxy) is 1. The molecule has 0 bridgehead atoms. The van der Waals surface area contributed by atoms with E-state index in [1.165, 1.54) is 0 Å². The molecule has 21 heavy (non-hydrogen) atoms. The third-order valence-electron chi connectivity index (χ3n) is 2.39. The lowest BCUT2D eigenvalue weighted by molar-refractivity contribution is 0.215. The largest absolute Gasteiger partial charge is 0.417 e. The van der Waals surface area contributed by atoms with Crippen molar-refractivity contribution in [1.82, 2.24) is 0 Å². The molecule has 2 aromatic carbocycles. The highest BCUT2D eigenvalue weighted by Crippen LogP contribution is 2.46. The van der Waals surface area contributed by atoms with Crippen molar-refractivity contribution >= 4 is 69.8 Å². The smallest absolute Gasteiger partial charge is 0.410 e. The third kappa shape index (κ3) is 3.68. The maximum Gasteiger partial charge on any atom is 0.417 e. The summed E-state index contributed by atoms with van der Waals surface area (Å²) in [6.07, 6.45) is -0.792. The molecule has 0 spiro atoms. The maximum absolute atomic E-state index is 11.8. The Morgan fingerprint density at radius 2 is 1.29 bits per heavy atom. The van der Waals surface area contributed by atoms with E-state index in [9.17, 15) is 4.79 Å². The molecule has 0 saturated heterocycles. The van der Waals surface area contributed by atoms with E-state index in [0.717, 1.165) is 0 Å². The molecule has 0 saturated carbocycles. The van der Waals surface area contributed by atoms with Crippen LogP contribution in [0.25, 0.3) is 0 Å². The van der Waals surface area contributed by atoms with E-state index in [4.69, 9.17) is 62.7 Å². The first kappa shape index (κ1) is 16.5. The van der Waals surface area contributed by atoms with Gasteiger partial charge in [-0.25, -0.2) is 4.79 Å². The average Bonchev–Trinajstić information content (AvgIpc) is 2.48. The fourth-order valence-electron chi connectivity index (χ4n) is 1.44. The minimum absolute atomic E-state index is 0.00955. The van der Waals surface area contributed by atoms with E-state index in [1.807, 2.05) is 0 Å². The van der Waals surface area contributed by atoms with Crippen molar-refractivity contribution in [3.05, 3.63) is 55.4 Å². The van der Waals surface area contributed by atoms with Crippen LogP contribution in [0.2, 0.25) is 25.1 Å². The molecular formula is C13H6Cl5NO2. The van der Waals surface area contributed by atoms with Crippen molar-refractivity contribution in [2.45, 2.75) is 0 Å². The third-order valence-corrected chi connectivity index (χ3v) is 4.67. The zero-order chi connectivity index (χ0) is 15.6. The molecular weight excluding hydrogens is 379 g/mol. The summed E-state index contributed by atoms with van der Waals surface area (Å²) >= 11 is 29.6. The first-order valence-electron chi connectivity index (χ1n) is 5.47. The summed E-state index contributed by atoms with van der Waals surface area (Å²) in [5.41, 5.74) is 0.0265. The van der Waals surface area contributed by atoms with Crippen molar-refractivity contribution < 1.29 is 9.53 Å². The van der Waals surface area contributed by atoms with Gasteiger partial charge in [0.25, 0.3) is 0 Å². The van der Waals surface area contributed by atoms with Crippen molar-refractivity contribution in [3.63, 3.8) is 0 Å². The van der Waals surface area contributed by atoms with Crippen LogP contribution in [0, 0.1) is 0 Å². The van der Waals surface area contributed by atoms with Gasteiger partial charge in [0.2, 0.25) is 0 Å². The predicted molar refractivity (Wildman–Crippen MR) is 87.6 cm³/mol. The van der Waals surface area contributed by atoms with E-state index >= 15 is 0 Å². The lowest BCUT2D eigenvalue weighted by Gasteiger charge is -2.13. The molecule has 0 radical (unpaired) electrons. The van der Waals surface area contributed by atoms with Gasteiger partial charge in [0.15, 0.2) is 0 Å². The molecule has 1 amide bonds. The fraction of sp³-hybridized carbons (Fsp3) is 0. The molecule has 0 heterocycles. The lowest BCUT2D eigenvalue weighted by atomic mass is 10.3. The van der Waals surface area contributed by atoms with Crippen LogP contribution >= 0.6 is 58.0 Å². The van der Waals surface area contributed by atoms with Crippen LogP contribution in [0.5, 0.6) is 5.75 Å². The molecule has 2 aromatic rings. The second-order valence-electron chi connectivity index (χ2n) is 3.77. The van der Waals surface area contributed by atoms with Gasteiger partial charge in [0.1, 0.15) is 5.75 Å². The van der Waals surface area contributed by atoms with E-state index in [2.05, 4.69) is 5.32 Å². The summed E-state index contributed by atoms with van der Waals surface area (Å²) in [5.74, 6) is 0.355. The van der Waals surface area contributed by atoms with Crippen LogP contribution in [0.4, 0.5) is 10.5 Å². The Balaban J connectivity index is 2.26. The molecule has 2 rings (SSSR count). The zero-order valence-electron chi connectivity index (χ0n) is 10.1. The van der Waals surface area contributed by atoms with Gasteiger partial charge >= 0.3 is 6.09 Å². The molecule has 1 N–H and O–H groups in total. The Hall–Kier alpha value is -0.840. The molecule has 0 aliphatic rings. The van der Waals surface area contributed by atoms with E-state index in [0.29, 0.717) is 5.75 Å². The van der Waals surface area contributed by atoms with Crippen LogP contribution in [-0.4, -0.2) is 6.09 Å². The van der Waals surface area contributed by atoms with Gasteiger partial charge < -0.3 is 4.74 Å². The van der Waals surface area contributed by atoms with Crippen LogP contribution in [-0.2, 0) is 0 Å². The minimum atomic E-state index is -0.792. The predicted octanol–water partition coefficient (Wildman–Crippen LogP) is 6.56. The Morgan fingerprint density at radius 3 is 1.81 bits per heavy atom. The molecule has 0 atom stereocenters. The molecule has 0 fully saturated rings. The lowest BCUT2D eigenvalue weighted by Crippen LogP contribution is -2.17. The van der Waals surface area contributed by atoms with E-state index in [-0.39, 0.29) is 30.8 Å². The molecule has 110 valence electrons. The first-order valence-corrected chi connectivity index (χ1v) is 7.36. The molecule has 0 aliphatic heterocycles. The number of benzene rings is 2. The Bertz CT molecular complexity index is 662. The van der Waals surface area contributed by atoms with Gasteiger partial charge in [0, 0.05) is 0 Å². The molecule has 3 nitrogen and oxygen atoms in total. The Labute approximate surface area is 145 Å². The van der Waals surface area contributed by atoms with Crippen LogP contribution < -0.4 is 10.1 Å². The number of nitrogens with one attached hydrogen (secondary N) is 1. The topological polar surface area (TPSA) is 38.3 Å². The summed E-state index contributed by atoms with van der Waals surface area (Å²) in [5, 5.41) is 2.32. The SMILES string of the molecule is O=C(Nc1c(Cl)c(Cl)c(Cl)c(Cl)c1Cl)Oc1ccccc1. The van der Waals surface area contributed by atoms with Gasteiger partial charge in [-0.15, -0.1) is 0 Å². The molecule has 0 aliphatic carbocycles. The normalized spacial score (nSPS) is 10.3. The Kier molecular flexibility index (Phi) is 5.47. The quantitative estimate of drug-likeness (QED) is 0.469. The number of anilines is 1. The summed E-state index contributed by atoms with van der Waals surface area (Å²) in [7, 11) is 0. The minimum Gasteiger partial charge on any atom is -0.410 e. The average molecular weight is 385 g/mol. The second kappa shape index (κ2) is 6.95. The van der Waals surface area contributed by atoms with Gasteiger partial charge in [-0.1, -0.05) is 76.2 Å². The highest BCUT2D eigenvalue weighted by atomic mass is 35.5. The number of para-hydroxylation sites is 1. The van der Waals surface area contributed by atoms with Crippen molar-refractivity contribution in [2.75, 3.05) is 5.32 Å². The van der Waals surface area contributed by atoms with Crippen LogP contribution in [0.15, 0.2) is 30.3 Å². The van der Waals surface area contributed by atoms with Crippen molar-refractivity contribution in [3.8, 4) is 5.75 Å². The van der Waals surface area contributed by atoms with Gasteiger partial charge in [0.05, 0.1) is 30.8 Å². The number of hydrogen-bond donors (Lipinski definition) is 1. The number of hydrogen-bond acceptors (Lipinski definition) is 2. The van der Waals surface area contributed by atoms with Crippen LogP contribution in [0.3, 0.4) is 0 Å². The van der Waals surface area contributed by atoms with E-state index < -0.39 is 6.09 Å². The summed E-state index contributed by atoms with van der Waals surface area (Å²) < 4.78 is 5.05. The summed E-state index contributed by atoms with van der Waals surface area (Å²) in [4.78, 5) is 11.8. The first-order chi connectivity index (χ1) is 9.91. The fourth-order valence-corrected chi connectivity index (χ4v) is 2.67. The number of rotatable bonds is 2. The number of carbonyl (C=O) groups is 1. The maximum atomic E-state index is 11.8. The van der Waals surface area contributed by atoms with Crippen LogP contribution in [0.1, 0.15) is 0 Å². The highest BCUT2D eigenvalue weighted by Gasteiger charge is 2.21. The second-order valence-corrected chi connectivity index (χ2v) is 5.66. The molecule has 0 aromatic heterocycles. The van der Waals surface area contributed by atoms with Gasteiger partial charge in [-0.2, -0.15) is 0 Å². The van der Waals surface area contributed by atoms with Crippen molar-refractivity contribution in [2.24, 2.45) is 0 Å². The molecule has 8 heteroatoms. The summed E-state index contributed by atoms with van der Waals surface area (Å²) in [6.45, 7) is 0. The standard InChI is InChI=1S/C13H6Cl5NO2/c14-7-8(15)10(17)12(11(18)9(7)16)19-13(20)21-6-4-2-1-3-5-6/h1-5H,(H,19,20). The number of halogens is 5. The monoisotopic (exact) mass is 383 g/mol. The van der Waals surface area contributed by atoms with Gasteiger partial charge in [-0.3, -0.25) is 5.32 Å². The molecule has 0 unspecified atom stereocenters. The van der Waals surface area contributed by atoms with Gasteiger partial charge in [-0.05, 0) is 12.1 Å². The zero-order valence-corrected chi connectivity index (χ0v) is 13.9. The van der Waals surface area contributed by atoms with E-state index in [1.54, 1.807) is 30.3 Å². The summed E-state index contributed by atoms with van der Waals surface area (Å²) in [6, 6.07) is 8.46. The number of carbonyl (C=O) groups excluding carboxylic acids is 1. The Morgan fingerprint density at radius 1 is 0.810 bits per heavy atom. The highest BCUT2D eigenvalue weighted by molar-refractivity contribution is 6.56.